The zero-order chi connectivity index (χ0) is 5.70. The van der Waals surface area contributed by atoms with Crippen LogP contribution in [0.4, 0.5) is 0 Å². The molecule has 0 bridgehead atoms. The molecule has 0 saturated heterocycles. The molecule has 0 radical (unpaired) electrons. The summed E-state index contributed by atoms with van der Waals surface area (Å²) in [6, 6.07) is 0. The largest absolute Gasteiger partial charge is 0.387 e. The summed E-state index contributed by atoms with van der Waals surface area (Å²) in [6.45, 7) is -0.585. The van der Waals surface area contributed by atoms with E-state index in [1.54, 1.807) is 0 Å². The van der Waals surface area contributed by atoms with Crippen molar-refractivity contribution >= 4 is 8.03 Å². The van der Waals surface area contributed by atoms with Crippen molar-refractivity contribution in [3.63, 3.8) is 0 Å². The second-order valence-electron chi connectivity index (χ2n) is 0.804. The summed E-state index contributed by atoms with van der Waals surface area (Å²) in [5.74, 6) is 0. The van der Waals surface area contributed by atoms with Crippen LogP contribution in [0.25, 0.3) is 0 Å². The molecule has 0 spiro atoms. The van der Waals surface area contributed by atoms with Crippen LogP contribution in [0.5, 0.6) is 0 Å². The molecule has 1 atom stereocenters. The first kappa shape index (κ1) is 11.5. The first-order chi connectivity index (χ1) is 3.31. The molecule has 0 amide bonds. The van der Waals surface area contributed by atoms with Gasteiger partial charge < -0.3 is 14.7 Å². The van der Waals surface area contributed by atoms with E-state index in [4.69, 9.17) is 10.2 Å². The Labute approximate surface area is 60.5 Å². The average molecular weight is 191 g/mol. The van der Waals surface area contributed by atoms with E-state index in [0.717, 1.165) is 0 Å². The van der Waals surface area contributed by atoms with Gasteiger partial charge in [-0.2, -0.15) is 0 Å². The monoisotopic (exact) mass is 190 g/mol. The third kappa shape index (κ3) is 6.73. The third-order valence-corrected chi connectivity index (χ3v) is 1.06. The number of aliphatic hydroxyl groups is 2. The van der Waals surface area contributed by atoms with Crippen molar-refractivity contribution in [1.29, 1.82) is 0 Å². The fourth-order valence-electron chi connectivity index (χ4n) is 0.118. The molecule has 8 heavy (non-hydrogen) atoms. The maximum absolute atomic E-state index is 9.96. The molecule has 0 aromatic heterocycles. The van der Waals surface area contributed by atoms with Crippen LogP contribution in [0, 0.1) is 0 Å². The number of hydrogen-bond donors (Lipinski definition) is 2. The van der Waals surface area contributed by atoms with Gasteiger partial charge in [-0.1, -0.05) is 0 Å². The molecule has 0 aliphatic carbocycles. The molecule has 4 nitrogen and oxygen atoms in total. The summed E-state index contributed by atoms with van der Waals surface area (Å²) in [7, 11) is -2.32. The molecular formula is C2H7O4PZn. The summed E-state index contributed by atoms with van der Waals surface area (Å²) in [5, 5.41) is 15.8. The van der Waals surface area contributed by atoms with Gasteiger partial charge in [0.15, 0.2) is 6.79 Å². The van der Waals surface area contributed by atoms with Crippen molar-refractivity contribution in [2.75, 3.05) is 13.1 Å². The topological polar surface area (TPSA) is 66.8 Å². The van der Waals surface area contributed by atoms with Crippen molar-refractivity contribution in [3.8, 4) is 0 Å². The molecule has 0 aromatic rings. The van der Waals surface area contributed by atoms with Gasteiger partial charge in [-0.3, -0.25) is 4.57 Å². The number of aliphatic hydroxyl groups excluding tert-OH is 2. The SMILES string of the molecule is O=[PH](CO)OCO.[Zn]. The van der Waals surface area contributed by atoms with E-state index in [0.29, 0.717) is 0 Å². The van der Waals surface area contributed by atoms with Gasteiger partial charge in [-0.25, -0.2) is 0 Å². The molecule has 0 aliphatic heterocycles. The summed E-state index contributed by atoms with van der Waals surface area (Å²) in [4.78, 5) is 0. The molecule has 0 saturated carbocycles. The van der Waals surface area contributed by atoms with Gasteiger partial charge >= 0.3 is 0 Å². The predicted molar refractivity (Wildman–Crippen MR) is 24.3 cm³/mol. The number of rotatable bonds is 3. The zero-order valence-electron chi connectivity index (χ0n) is 4.33. The van der Waals surface area contributed by atoms with Crippen LogP contribution in [-0.4, -0.2) is 23.4 Å². The standard InChI is InChI=1S/C2H7O4P.Zn/c3-1-6-7(5)2-4;/h3-4,7H,1-2H2;. The minimum Gasteiger partial charge on any atom is -0.387 e. The summed E-state index contributed by atoms with van der Waals surface area (Å²) in [6.07, 6.45) is -0.495. The van der Waals surface area contributed by atoms with Crippen LogP contribution in [0.15, 0.2) is 0 Å². The van der Waals surface area contributed by atoms with Crippen LogP contribution in [0.1, 0.15) is 0 Å². The van der Waals surface area contributed by atoms with Gasteiger partial charge in [0, 0.05) is 19.5 Å². The molecule has 0 aliphatic rings. The molecule has 2 N–H and O–H groups in total. The van der Waals surface area contributed by atoms with Gasteiger partial charge in [0.25, 0.3) is 0 Å². The van der Waals surface area contributed by atoms with Crippen LogP contribution in [-0.2, 0) is 28.6 Å². The first-order valence-electron chi connectivity index (χ1n) is 1.68. The molecule has 46 valence electrons. The molecular weight excluding hydrogens is 184 g/mol. The van der Waals surface area contributed by atoms with E-state index < -0.39 is 21.2 Å². The van der Waals surface area contributed by atoms with E-state index in [-0.39, 0.29) is 19.5 Å². The minimum atomic E-state index is -2.32. The summed E-state index contributed by atoms with van der Waals surface area (Å²) >= 11 is 0. The van der Waals surface area contributed by atoms with Crippen LogP contribution in [0.3, 0.4) is 0 Å². The Morgan fingerprint density at radius 1 is 1.50 bits per heavy atom. The minimum absolute atomic E-state index is 0. The van der Waals surface area contributed by atoms with Gasteiger partial charge in [0.05, 0.1) is 0 Å². The fourth-order valence-corrected chi connectivity index (χ4v) is 0.353. The van der Waals surface area contributed by atoms with Crippen molar-refractivity contribution < 1.29 is 38.8 Å². The molecule has 0 aromatic carbocycles. The molecule has 1 unspecified atom stereocenters. The van der Waals surface area contributed by atoms with Gasteiger partial charge in [0.1, 0.15) is 6.35 Å². The second-order valence-corrected chi connectivity index (χ2v) is 2.15. The van der Waals surface area contributed by atoms with Crippen molar-refractivity contribution in [3.05, 3.63) is 0 Å². The predicted octanol–water partition coefficient (Wildman–Crippen LogP) is -0.625. The Bertz CT molecular complexity index is 67.1. The Morgan fingerprint density at radius 2 is 2.00 bits per heavy atom. The summed E-state index contributed by atoms with van der Waals surface area (Å²) < 4.78 is 14.0. The molecule has 0 rings (SSSR count). The van der Waals surface area contributed by atoms with Gasteiger partial charge in [-0.05, 0) is 0 Å². The van der Waals surface area contributed by atoms with Crippen molar-refractivity contribution in [1.82, 2.24) is 0 Å². The van der Waals surface area contributed by atoms with Crippen molar-refractivity contribution in [2.24, 2.45) is 0 Å². The van der Waals surface area contributed by atoms with E-state index in [1.807, 2.05) is 0 Å². The Hall–Kier alpha value is 0.733. The molecule has 6 heteroatoms. The normalized spacial score (nSPS) is 12.2. The maximum Gasteiger partial charge on any atom is 0.218 e. The fraction of sp³-hybridized carbons (Fsp3) is 1.00. The van der Waals surface area contributed by atoms with Crippen molar-refractivity contribution in [2.45, 2.75) is 0 Å². The second kappa shape index (κ2) is 7.73. The van der Waals surface area contributed by atoms with Crippen LogP contribution < -0.4 is 0 Å². The Morgan fingerprint density at radius 3 is 2.12 bits per heavy atom. The average Bonchev–Trinajstić information content (AvgIpc) is 1.68. The Balaban J connectivity index is 0. The molecule has 0 fully saturated rings. The van der Waals surface area contributed by atoms with E-state index in [9.17, 15) is 4.57 Å². The van der Waals surface area contributed by atoms with Crippen LogP contribution >= 0.6 is 8.03 Å². The zero-order valence-corrected chi connectivity index (χ0v) is 8.30. The van der Waals surface area contributed by atoms with E-state index in [1.165, 1.54) is 0 Å². The maximum atomic E-state index is 9.96. The smallest absolute Gasteiger partial charge is 0.218 e. The first-order valence-corrected chi connectivity index (χ1v) is 3.21. The van der Waals surface area contributed by atoms with Crippen LogP contribution in [0.2, 0.25) is 0 Å². The Kier molecular flexibility index (Phi) is 11.1. The van der Waals surface area contributed by atoms with Gasteiger partial charge in [0.2, 0.25) is 8.03 Å². The quantitative estimate of drug-likeness (QED) is 0.354. The molecule has 0 heterocycles. The summed E-state index contributed by atoms with van der Waals surface area (Å²) in [5.41, 5.74) is 0. The third-order valence-electron chi connectivity index (χ3n) is 0.355. The van der Waals surface area contributed by atoms with E-state index >= 15 is 0 Å². The van der Waals surface area contributed by atoms with Gasteiger partial charge in [-0.15, -0.1) is 0 Å². The van der Waals surface area contributed by atoms with E-state index in [2.05, 4.69) is 4.52 Å². The number of hydrogen-bond acceptors (Lipinski definition) is 4.